The molecule has 1 aliphatic carbocycles. The fraction of sp³-hybridized carbons (Fsp3) is 0.394. The normalized spacial score (nSPS) is 14.7. The molecular formula is C33H40FN3O4S. The maximum Gasteiger partial charge on any atom is 0.244 e. The monoisotopic (exact) mass is 593 g/mol. The molecule has 0 unspecified atom stereocenters. The van der Waals surface area contributed by atoms with Crippen LogP contribution in [-0.4, -0.2) is 50.0 Å². The minimum atomic E-state index is -3.85. The average Bonchev–Trinajstić information content (AvgIpc) is 2.95. The van der Waals surface area contributed by atoms with Gasteiger partial charge in [-0.2, -0.15) is 0 Å². The maximum absolute atomic E-state index is 14.2. The summed E-state index contributed by atoms with van der Waals surface area (Å²) in [4.78, 5) is 29.6. The van der Waals surface area contributed by atoms with E-state index in [4.69, 9.17) is 0 Å². The molecule has 9 heteroatoms. The Morgan fingerprint density at radius 1 is 0.929 bits per heavy atom. The van der Waals surface area contributed by atoms with Gasteiger partial charge in [-0.1, -0.05) is 79.4 Å². The van der Waals surface area contributed by atoms with Crippen LogP contribution < -0.4 is 9.62 Å². The summed E-state index contributed by atoms with van der Waals surface area (Å²) in [6, 6.07) is 19.7. The van der Waals surface area contributed by atoms with Gasteiger partial charge in [0, 0.05) is 19.0 Å². The molecule has 1 N–H and O–H groups in total. The zero-order chi connectivity index (χ0) is 30.3. The molecule has 0 spiro atoms. The van der Waals surface area contributed by atoms with E-state index >= 15 is 0 Å². The molecule has 42 heavy (non-hydrogen) atoms. The van der Waals surface area contributed by atoms with Crippen LogP contribution in [0.15, 0.2) is 72.8 Å². The van der Waals surface area contributed by atoms with Gasteiger partial charge in [0.2, 0.25) is 21.8 Å². The highest BCUT2D eigenvalue weighted by Gasteiger charge is 2.34. The number of nitrogens with zero attached hydrogens (tertiary/aromatic N) is 2. The summed E-state index contributed by atoms with van der Waals surface area (Å²) < 4.78 is 40.9. The van der Waals surface area contributed by atoms with Crippen molar-refractivity contribution in [2.75, 3.05) is 17.1 Å². The Labute approximate surface area is 248 Å². The highest BCUT2D eigenvalue weighted by molar-refractivity contribution is 7.92. The SMILES string of the molecule is Cc1ccc(N(CC(=O)N(Cc2ccc(F)cc2)[C@@H](Cc2ccccc2)C(=O)NC2CCCCC2)S(C)(=O)=O)c(C)c1. The second-order valence-corrected chi connectivity index (χ2v) is 13.2. The van der Waals surface area contributed by atoms with E-state index in [1.165, 1.54) is 17.0 Å². The Kier molecular flexibility index (Phi) is 10.4. The summed E-state index contributed by atoms with van der Waals surface area (Å²) in [5.74, 6) is -1.21. The van der Waals surface area contributed by atoms with Gasteiger partial charge in [-0.25, -0.2) is 12.8 Å². The summed E-state index contributed by atoms with van der Waals surface area (Å²) in [7, 11) is -3.85. The van der Waals surface area contributed by atoms with Crippen LogP contribution >= 0.6 is 0 Å². The quantitative estimate of drug-likeness (QED) is 0.327. The number of nitrogens with one attached hydrogen (secondary N) is 1. The molecule has 3 aromatic rings. The minimum absolute atomic E-state index is 0.0131. The predicted molar refractivity (Wildman–Crippen MR) is 164 cm³/mol. The summed E-state index contributed by atoms with van der Waals surface area (Å²) in [6.07, 6.45) is 6.27. The van der Waals surface area contributed by atoms with Crippen LogP contribution in [0.3, 0.4) is 0 Å². The second kappa shape index (κ2) is 14.0. The van der Waals surface area contributed by atoms with Gasteiger partial charge in [-0.05, 0) is 61.6 Å². The third-order valence-electron chi connectivity index (χ3n) is 7.79. The molecule has 7 nitrogen and oxygen atoms in total. The molecule has 4 rings (SSSR count). The number of hydrogen-bond acceptors (Lipinski definition) is 4. The summed E-state index contributed by atoms with van der Waals surface area (Å²) in [5, 5.41) is 3.18. The molecule has 3 aromatic carbocycles. The topological polar surface area (TPSA) is 86.8 Å². The van der Waals surface area contributed by atoms with Crippen molar-refractivity contribution in [2.24, 2.45) is 0 Å². The van der Waals surface area contributed by atoms with E-state index in [2.05, 4.69) is 5.32 Å². The number of halogens is 1. The van der Waals surface area contributed by atoms with Crippen molar-refractivity contribution in [1.29, 1.82) is 0 Å². The Morgan fingerprint density at radius 3 is 2.21 bits per heavy atom. The first-order chi connectivity index (χ1) is 20.0. The smallest absolute Gasteiger partial charge is 0.244 e. The maximum atomic E-state index is 14.2. The van der Waals surface area contributed by atoms with Gasteiger partial charge in [-0.3, -0.25) is 13.9 Å². The molecule has 0 aliphatic heterocycles. The van der Waals surface area contributed by atoms with Gasteiger partial charge < -0.3 is 10.2 Å². The standard InChI is InChI=1S/C33H40FN3O4S/c1-24-14-19-30(25(2)20-24)37(42(3,40)41)23-32(38)36(22-27-15-17-28(34)18-16-27)31(21-26-10-6-4-7-11-26)33(39)35-29-12-8-5-9-13-29/h4,6-7,10-11,14-20,29,31H,5,8-9,12-13,21-23H2,1-3H3,(H,35,39)/t31-/m0/s1. The van der Waals surface area contributed by atoms with E-state index in [9.17, 15) is 22.4 Å². The second-order valence-electron chi connectivity index (χ2n) is 11.3. The molecular weight excluding hydrogens is 553 g/mol. The number of amides is 2. The van der Waals surface area contributed by atoms with Crippen LogP contribution in [-0.2, 0) is 32.6 Å². The van der Waals surface area contributed by atoms with Crippen molar-refractivity contribution in [3.63, 3.8) is 0 Å². The van der Waals surface area contributed by atoms with Crippen molar-refractivity contribution in [3.05, 3.63) is 101 Å². The molecule has 0 aromatic heterocycles. The summed E-state index contributed by atoms with van der Waals surface area (Å²) in [6.45, 7) is 3.25. The lowest BCUT2D eigenvalue weighted by Gasteiger charge is -2.35. The zero-order valence-corrected chi connectivity index (χ0v) is 25.4. The van der Waals surface area contributed by atoms with Crippen molar-refractivity contribution in [2.45, 2.75) is 71.0 Å². The molecule has 1 fully saturated rings. The number of rotatable bonds is 11. The van der Waals surface area contributed by atoms with E-state index < -0.39 is 34.3 Å². The van der Waals surface area contributed by atoms with Crippen LogP contribution in [0.4, 0.5) is 10.1 Å². The van der Waals surface area contributed by atoms with Gasteiger partial charge in [0.25, 0.3) is 0 Å². The van der Waals surface area contributed by atoms with E-state index in [-0.39, 0.29) is 24.9 Å². The van der Waals surface area contributed by atoms with Crippen molar-refractivity contribution in [3.8, 4) is 0 Å². The number of carbonyl (C=O) groups is 2. The molecule has 224 valence electrons. The summed E-state index contributed by atoms with van der Waals surface area (Å²) >= 11 is 0. The Balaban J connectivity index is 1.73. The lowest BCUT2D eigenvalue weighted by Crippen LogP contribution is -2.55. The number of carbonyl (C=O) groups excluding carboxylic acids is 2. The first kappa shape index (κ1) is 31.2. The number of anilines is 1. The van der Waals surface area contributed by atoms with E-state index in [1.807, 2.05) is 43.3 Å². The van der Waals surface area contributed by atoms with E-state index in [1.54, 1.807) is 31.2 Å². The Hall–Kier alpha value is -3.72. The number of hydrogen-bond donors (Lipinski definition) is 1. The number of benzene rings is 3. The van der Waals surface area contributed by atoms with Gasteiger partial charge in [0.15, 0.2) is 0 Å². The van der Waals surface area contributed by atoms with Gasteiger partial charge in [0.05, 0.1) is 11.9 Å². The summed E-state index contributed by atoms with van der Waals surface area (Å²) in [5.41, 5.74) is 3.59. The molecule has 1 atom stereocenters. The van der Waals surface area contributed by atoms with Crippen LogP contribution in [0, 0.1) is 19.7 Å². The number of sulfonamides is 1. The van der Waals surface area contributed by atoms with Crippen molar-refractivity contribution < 1.29 is 22.4 Å². The lowest BCUT2D eigenvalue weighted by molar-refractivity contribution is -0.140. The Morgan fingerprint density at radius 2 is 1.60 bits per heavy atom. The van der Waals surface area contributed by atoms with Crippen LogP contribution in [0.1, 0.15) is 54.4 Å². The largest absolute Gasteiger partial charge is 0.352 e. The van der Waals surface area contributed by atoms with Gasteiger partial charge in [-0.15, -0.1) is 0 Å². The predicted octanol–water partition coefficient (Wildman–Crippen LogP) is 5.30. The van der Waals surface area contributed by atoms with Crippen LogP contribution in [0.25, 0.3) is 0 Å². The van der Waals surface area contributed by atoms with Gasteiger partial charge in [0.1, 0.15) is 18.4 Å². The van der Waals surface area contributed by atoms with E-state index in [0.717, 1.165) is 53.8 Å². The molecule has 2 amide bonds. The van der Waals surface area contributed by atoms with Crippen molar-refractivity contribution in [1.82, 2.24) is 10.2 Å². The minimum Gasteiger partial charge on any atom is -0.352 e. The molecule has 0 saturated heterocycles. The highest BCUT2D eigenvalue weighted by atomic mass is 32.2. The number of aryl methyl sites for hydroxylation is 2. The first-order valence-electron chi connectivity index (χ1n) is 14.4. The molecule has 0 radical (unpaired) electrons. The van der Waals surface area contributed by atoms with Gasteiger partial charge >= 0.3 is 0 Å². The van der Waals surface area contributed by atoms with Crippen LogP contribution in [0.5, 0.6) is 0 Å². The highest BCUT2D eigenvalue weighted by Crippen LogP contribution is 2.25. The third-order valence-corrected chi connectivity index (χ3v) is 8.92. The average molecular weight is 594 g/mol. The molecule has 1 aliphatic rings. The van der Waals surface area contributed by atoms with Crippen molar-refractivity contribution >= 4 is 27.5 Å². The first-order valence-corrected chi connectivity index (χ1v) is 16.3. The zero-order valence-electron chi connectivity index (χ0n) is 24.6. The fourth-order valence-corrected chi connectivity index (χ4v) is 6.47. The van der Waals surface area contributed by atoms with E-state index in [0.29, 0.717) is 16.8 Å². The van der Waals surface area contributed by atoms with Crippen LogP contribution in [0.2, 0.25) is 0 Å². The molecule has 0 bridgehead atoms. The fourth-order valence-electron chi connectivity index (χ4n) is 5.56. The molecule has 1 saturated carbocycles. The Bertz CT molecular complexity index is 1470. The molecule has 0 heterocycles. The third kappa shape index (κ3) is 8.41. The lowest BCUT2D eigenvalue weighted by atomic mass is 9.94.